The van der Waals surface area contributed by atoms with Crippen LogP contribution >= 0.6 is 24.0 Å². The van der Waals surface area contributed by atoms with Gasteiger partial charge < -0.3 is 10.5 Å². The molecule has 3 N–H and O–H groups in total. The second-order valence-corrected chi connectivity index (χ2v) is 3.71. The lowest BCUT2D eigenvalue weighted by Crippen LogP contribution is -2.13. The summed E-state index contributed by atoms with van der Waals surface area (Å²) in [6.45, 7) is 0. The summed E-state index contributed by atoms with van der Waals surface area (Å²) in [4.78, 5) is 4.08. The summed E-state index contributed by atoms with van der Waals surface area (Å²) in [6.07, 6.45) is 0. The van der Waals surface area contributed by atoms with Crippen molar-refractivity contribution >= 4 is 29.8 Å². The fourth-order valence-corrected chi connectivity index (χ4v) is 1.44. The number of aromatic nitrogens is 1. The van der Waals surface area contributed by atoms with Crippen LogP contribution in [0.4, 0.5) is 0 Å². The molecule has 0 aliphatic rings. The number of nitrogen functional groups attached to an aromatic ring is 1. The summed E-state index contributed by atoms with van der Waals surface area (Å²) >= 11 is 5.96. The van der Waals surface area contributed by atoms with E-state index >= 15 is 0 Å². The molecule has 0 radical (unpaired) electrons. The molecule has 0 bridgehead atoms. The van der Waals surface area contributed by atoms with E-state index in [4.69, 9.17) is 27.5 Å². The van der Waals surface area contributed by atoms with Crippen LogP contribution in [0.1, 0.15) is 5.69 Å². The van der Waals surface area contributed by atoms with Gasteiger partial charge in [0.1, 0.15) is 17.3 Å². The van der Waals surface area contributed by atoms with Gasteiger partial charge in [-0.3, -0.25) is 5.41 Å². The Hall–Kier alpha value is -1.78. The lowest BCUT2D eigenvalue weighted by atomic mass is 10.3. The molecule has 0 atom stereocenters. The first-order valence-electron chi connectivity index (χ1n) is 4.90. The number of benzene rings is 1. The second kappa shape index (κ2) is 6.23. The molecule has 4 nitrogen and oxygen atoms in total. The quantitative estimate of drug-likeness (QED) is 0.671. The average molecular weight is 284 g/mol. The molecule has 1 heterocycles. The number of rotatable bonds is 3. The molecule has 94 valence electrons. The van der Waals surface area contributed by atoms with Gasteiger partial charge in [-0.15, -0.1) is 12.4 Å². The number of amidine groups is 1. The molecule has 0 saturated carbocycles. The largest absolute Gasteiger partial charge is 0.437 e. The van der Waals surface area contributed by atoms with E-state index in [1.54, 1.807) is 30.3 Å². The minimum Gasteiger partial charge on any atom is -0.437 e. The van der Waals surface area contributed by atoms with Crippen LogP contribution in [-0.2, 0) is 0 Å². The summed E-state index contributed by atoms with van der Waals surface area (Å²) in [6, 6.07) is 12.1. The van der Waals surface area contributed by atoms with Gasteiger partial charge in [0, 0.05) is 6.07 Å². The summed E-state index contributed by atoms with van der Waals surface area (Å²) in [5, 5.41) is 7.79. The minimum atomic E-state index is -0.102. The topological polar surface area (TPSA) is 72.0 Å². The van der Waals surface area contributed by atoms with Crippen molar-refractivity contribution in [3.05, 3.63) is 53.2 Å². The van der Waals surface area contributed by atoms with Gasteiger partial charge in [0.2, 0.25) is 5.88 Å². The highest BCUT2D eigenvalue weighted by Crippen LogP contribution is 2.27. The highest BCUT2D eigenvalue weighted by Gasteiger charge is 2.04. The monoisotopic (exact) mass is 283 g/mol. The van der Waals surface area contributed by atoms with Gasteiger partial charge in [0.25, 0.3) is 0 Å². The molecule has 0 saturated heterocycles. The van der Waals surface area contributed by atoms with Gasteiger partial charge in [-0.2, -0.15) is 0 Å². The zero-order chi connectivity index (χ0) is 12.3. The maximum absolute atomic E-state index is 7.29. The maximum Gasteiger partial charge on any atom is 0.219 e. The van der Waals surface area contributed by atoms with E-state index in [-0.39, 0.29) is 18.2 Å². The number of para-hydroxylation sites is 1. The summed E-state index contributed by atoms with van der Waals surface area (Å²) < 4.78 is 5.50. The Balaban J connectivity index is 0.00000162. The van der Waals surface area contributed by atoms with Crippen molar-refractivity contribution in [2.75, 3.05) is 0 Å². The van der Waals surface area contributed by atoms with Crippen LogP contribution < -0.4 is 10.5 Å². The van der Waals surface area contributed by atoms with Crippen LogP contribution in [-0.4, -0.2) is 10.8 Å². The number of hydrogen-bond acceptors (Lipinski definition) is 3. The smallest absolute Gasteiger partial charge is 0.219 e. The number of pyridine rings is 1. The predicted octanol–water partition coefficient (Wildman–Crippen LogP) is 3.23. The first-order valence-corrected chi connectivity index (χ1v) is 5.28. The van der Waals surface area contributed by atoms with Crippen molar-refractivity contribution in [2.45, 2.75) is 0 Å². The van der Waals surface area contributed by atoms with E-state index in [9.17, 15) is 0 Å². The molecule has 0 unspecified atom stereocenters. The van der Waals surface area contributed by atoms with Crippen molar-refractivity contribution in [2.24, 2.45) is 5.73 Å². The van der Waals surface area contributed by atoms with Gasteiger partial charge in [0.15, 0.2) is 0 Å². The molecule has 1 aromatic heterocycles. The summed E-state index contributed by atoms with van der Waals surface area (Å²) in [5.74, 6) is 0.766. The maximum atomic E-state index is 7.29. The molecule has 18 heavy (non-hydrogen) atoms. The van der Waals surface area contributed by atoms with Crippen LogP contribution in [0.25, 0.3) is 0 Å². The first kappa shape index (κ1) is 14.3. The highest BCUT2D eigenvalue weighted by molar-refractivity contribution is 6.32. The van der Waals surface area contributed by atoms with Gasteiger partial charge in [-0.25, -0.2) is 4.98 Å². The van der Waals surface area contributed by atoms with E-state index in [0.29, 0.717) is 22.3 Å². The van der Waals surface area contributed by atoms with E-state index < -0.39 is 0 Å². The lowest BCUT2D eigenvalue weighted by Gasteiger charge is -2.07. The Labute approximate surface area is 116 Å². The minimum absolute atomic E-state index is 0. The molecular formula is C12H11Cl2N3O. The number of nitrogens with two attached hydrogens (primary N) is 1. The normalized spacial score (nSPS) is 9.39. The standard InChI is InChI=1S/C12H10ClN3O.ClH/c13-8-4-1-2-6-10(8)17-11-7-3-5-9(16-11)12(14)15;/h1-7H,(H3,14,15);1H. The third-order valence-electron chi connectivity index (χ3n) is 2.05. The van der Waals surface area contributed by atoms with Crippen molar-refractivity contribution in [3.8, 4) is 11.6 Å². The molecule has 0 amide bonds. The fourth-order valence-electron chi connectivity index (χ4n) is 1.26. The Kier molecular flexibility index (Phi) is 4.95. The van der Waals surface area contributed by atoms with Crippen LogP contribution in [0.3, 0.4) is 0 Å². The Morgan fingerprint density at radius 2 is 1.89 bits per heavy atom. The van der Waals surface area contributed by atoms with Gasteiger partial charge in [-0.1, -0.05) is 29.8 Å². The van der Waals surface area contributed by atoms with E-state index in [1.165, 1.54) is 0 Å². The number of nitrogens with one attached hydrogen (secondary N) is 1. The molecule has 0 aliphatic heterocycles. The third-order valence-corrected chi connectivity index (χ3v) is 2.36. The van der Waals surface area contributed by atoms with Crippen molar-refractivity contribution in [1.29, 1.82) is 5.41 Å². The van der Waals surface area contributed by atoms with E-state index in [1.807, 2.05) is 12.1 Å². The van der Waals surface area contributed by atoms with Crippen molar-refractivity contribution in [3.63, 3.8) is 0 Å². The van der Waals surface area contributed by atoms with Gasteiger partial charge in [0.05, 0.1) is 5.02 Å². The Bertz CT molecular complexity index is 561. The molecule has 0 spiro atoms. The second-order valence-electron chi connectivity index (χ2n) is 3.31. The lowest BCUT2D eigenvalue weighted by molar-refractivity contribution is 0.463. The molecule has 2 rings (SSSR count). The molecular weight excluding hydrogens is 273 g/mol. The number of nitrogens with zero attached hydrogens (tertiary/aromatic N) is 1. The number of hydrogen-bond donors (Lipinski definition) is 2. The molecule has 1 aromatic carbocycles. The SMILES string of the molecule is Cl.N=C(N)c1cccc(Oc2ccccc2Cl)n1. The Morgan fingerprint density at radius 1 is 1.17 bits per heavy atom. The van der Waals surface area contributed by atoms with Crippen LogP contribution in [0, 0.1) is 5.41 Å². The molecule has 0 fully saturated rings. The van der Waals surface area contributed by atoms with E-state index in [0.717, 1.165) is 0 Å². The van der Waals surface area contributed by atoms with Crippen LogP contribution in [0.15, 0.2) is 42.5 Å². The average Bonchev–Trinajstić information content (AvgIpc) is 2.32. The summed E-state index contributed by atoms with van der Waals surface area (Å²) in [5.41, 5.74) is 5.72. The van der Waals surface area contributed by atoms with Gasteiger partial charge in [-0.05, 0) is 18.2 Å². The van der Waals surface area contributed by atoms with Gasteiger partial charge >= 0.3 is 0 Å². The molecule has 2 aromatic rings. The van der Waals surface area contributed by atoms with Crippen molar-refractivity contribution < 1.29 is 4.74 Å². The number of ether oxygens (including phenoxy) is 1. The third kappa shape index (κ3) is 3.35. The molecule has 6 heteroatoms. The number of halogens is 2. The van der Waals surface area contributed by atoms with E-state index in [2.05, 4.69) is 4.98 Å². The van der Waals surface area contributed by atoms with Crippen LogP contribution in [0.2, 0.25) is 5.02 Å². The fraction of sp³-hybridized carbons (Fsp3) is 0. The Morgan fingerprint density at radius 3 is 2.56 bits per heavy atom. The molecule has 0 aliphatic carbocycles. The zero-order valence-electron chi connectivity index (χ0n) is 9.26. The zero-order valence-corrected chi connectivity index (χ0v) is 10.8. The summed E-state index contributed by atoms with van der Waals surface area (Å²) in [7, 11) is 0. The van der Waals surface area contributed by atoms with Crippen LogP contribution in [0.5, 0.6) is 11.6 Å². The van der Waals surface area contributed by atoms with Crippen molar-refractivity contribution in [1.82, 2.24) is 4.98 Å². The first-order chi connectivity index (χ1) is 8.16. The predicted molar refractivity (Wildman–Crippen MR) is 74.0 cm³/mol. The highest BCUT2D eigenvalue weighted by atomic mass is 35.5.